The Kier molecular flexibility index (Phi) is 12.1. The Labute approximate surface area is 219 Å². The SMILES string of the molecule is C=c1cc(C)c(C(=O)NCCOC)c/c1=C/N(C)CC(CCC)CCCC(=O)c1ccc(Cl)cc1F. The molecular formula is C29H38ClFN2O3. The zero-order valence-electron chi connectivity index (χ0n) is 21.8. The van der Waals surface area contributed by atoms with Crippen molar-refractivity contribution in [3.05, 3.63) is 68.3 Å². The largest absolute Gasteiger partial charge is 0.383 e. The van der Waals surface area contributed by atoms with Gasteiger partial charge in [-0.2, -0.15) is 0 Å². The molecule has 0 aliphatic heterocycles. The van der Waals surface area contributed by atoms with Gasteiger partial charge in [0, 0.05) is 50.5 Å². The fourth-order valence-electron chi connectivity index (χ4n) is 4.35. The highest BCUT2D eigenvalue weighted by atomic mass is 35.5. The van der Waals surface area contributed by atoms with Crippen LogP contribution >= 0.6 is 11.6 Å². The van der Waals surface area contributed by atoms with Crippen molar-refractivity contribution >= 4 is 36.1 Å². The van der Waals surface area contributed by atoms with Crippen LogP contribution in [0.3, 0.4) is 0 Å². The zero-order valence-corrected chi connectivity index (χ0v) is 22.6. The van der Waals surface area contributed by atoms with Crippen molar-refractivity contribution in [3.8, 4) is 0 Å². The maximum Gasteiger partial charge on any atom is 0.251 e. The molecule has 2 aromatic rings. The first-order chi connectivity index (χ1) is 17.2. The Hall–Kier alpha value is -2.70. The summed E-state index contributed by atoms with van der Waals surface area (Å²) in [6.07, 6.45) is 5.94. The van der Waals surface area contributed by atoms with E-state index in [9.17, 15) is 14.0 Å². The molecule has 1 N–H and O–H groups in total. The van der Waals surface area contributed by atoms with Crippen molar-refractivity contribution in [2.45, 2.75) is 46.0 Å². The molecule has 1 unspecified atom stereocenters. The van der Waals surface area contributed by atoms with Gasteiger partial charge in [0.25, 0.3) is 5.91 Å². The van der Waals surface area contributed by atoms with Gasteiger partial charge < -0.3 is 15.0 Å². The van der Waals surface area contributed by atoms with Gasteiger partial charge in [-0.05, 0) is 72.4 Å². The maximum atomic E-state index is 14.0. The third-order valence-electron chi connectivity index (χ3n) is 6.17. The summed E-state index contributed by atoms with van der Waals surface area (Å²) in [5, 5.41) is 4.90. The molecule has 1 atom stereocenters. The number of hydrogen-bond donors (Lipinski definition) is 1. The number of carbonyl (C=O) groups excluding carboxylic acids is 2. The molecule has 0 aliphatic carbocycles. The Morgan fingerprint density at radius 3 is 2.64 bits per heavy atom. The predicted molar refractivity (Wildman–Crippen MR) is 145 cm³/mol. The summed E-state index contributed by atoms with van der Waals surface area (Å²) in [5.74, 6) is -0.514. The van der Waals surface area contributed by atoms with E-state index in [2.05, 4.69) is 23.7 Å². The maximum absolute atomic E-state index is 14.0. The number of nitrogens with zero attached hydrogens (tertiary/aromatic N) is 1. The van der Waals surface area contributed by atoms with Crippen molar-refractivity contribution in [1.29, 1.82) is 0 Å². The van der Waals surface area contributed by atoms with Gasteiger partial charge in [-0.1, -0.05) is 37.6 Å². The molecule has 196 valence electrons. The van der Waals surface area contributed by atoms with Crippen molar-refractivity contribution in [1.82, 2.24) is 10.2 Å². The average molecular weight is 517 g/mol. The Bertz CT molecular complexity index is 1150. The summed E-state index contributed by atoms with van der Waals surface area (Å²) in [4.78, 5) is 27.2. The van der Waals surface area contributed by atoms with Crippen LogP contribution in [0.25, 0.3) is 12.8 Å². The van der Waals surface area contributed by atoms with Gasteiger partial charge in [0.15, 0.2) is 5.78 Å². The van der Waals surface area contributed by atoms with Crippen LogP contribution in [0.2, 0.25) is 5.02 Å². The third-order valence-corrected chi connectivity index (χ3v) is 6.41. The number of ether oxygens (including phenoxy) is 1. The molecule has 36 heavy (non-hydrogen) atoms. The Morgan fingerprint density at radius 1 is 1.22 bits per heavy atom. The second-order valence-electron chi connectivity index (χ2n) is 9.28. The first-order valence-corrected chi connectivity index (χ1v) is 12.8. The van der Waals surface area contributed by atoms with Crippen molar-refractivity contribution < 1.29 is 18.7 Å². The van der Waals surface area contributed by atoms with Gasteiger partial charge in [-0.25, -0.2) is 4.39 Å². The minimum atomic E-state index is -0.569. The Morgan fingerprint density at radius 2 is 1.97 bits per heavy atom. The van der Waals surface area contributed by atoms with Crippen LogP contribution in [0.5, 0.6) is 0 Å². The fraction of sp³-hybridized carbons (Fsp3) is 0.448. The molecular weight excluding hydrogens is 479 g/mol. The topological polar surface area (TPSA) is 58.6 Å². The number of halogens is 2. The molecule has 5 nitrogen and oxygen atoms in total. The average Bonchev–Trinajstić information content (AvgIpc) is 2.80. The molecule has 0 saturated carbocycles. The van der Waals surface area contributed by atoms with Gasteiger partial charge in [0.1, 0.15) is 5.82 Å². The first kappa shape index (κ1) is 29.5. The van der Waals surface area contributed by atoms with E-state index in [1.807, 2.05) is 32.3 Å². The van der Waals surface area contributed by atoms with E-state index >= 15 is 0 Å². The number of aryl methyl sites for hydroxylation is 1. The molecule has 0 bridgehead atoms. The third kappa shape index (κ3) is 9.07. The second-order valence-corrected chi connectivity index (χ2v) is 9.71. The van der Waals surface area contributed by atoms with Gasteiger partial charge in [-0.3, -0.25) is 9.59 Å². The quantitative estimate of drug-likeness (QED) is 0.292. The molecule has 0 heterocycles. The highest BCUT2D eigenvalue weighted by Crippen LogP contribution is 2.20. The van der Waals surface area contributed by atoms with E-state index in [0.29, 0.717) is 37.5 Å². The summed E-state index contributed by atoms with van der Waals surface area (Å²) >= 11 is 5.79. The minimum absolute atomic E-state index is 0.0984. The van der Waals surface area contributed by atoms with E-state index in [0.717, 1.165) is 41.8 Å². The number of benzene rings is 2. The number of carbonyl (C=O) groups is 2. The standard InChI is InChI=1S/C29H38ClFN2O3/c1-6-8-22(9-7-10-28(34)25-12-11-24(30)17-27(25)31)18-33(4)19-23-16-26(21(3)15-20(23)2)29(35)32-13-14-36-5/h11-12,15-17,19,22H,2,6-10,13-14,18H2,1,3-5H3,(H,32,35)/b23-19-. The number of rotatable bonds is 14. The second kappa shape index (κ2) is 14.8. The smallest absolute Gasteiger partial charge is 0.251 e. The number of nitrogens with one attached hydrogen (secondary N) is 1. The fourth-order valence-corrected chi connectivity index (χ4v) is 4.50. The van der Waals surface area contributed by atoms with Crippen LogP contribution in [-0.4, -0.2) is 50.4 Å². The lowest BCUT2D eigenvalue weighted by atomic mass is 9.94. The van der Waals surface area contributed by atoms with Gasteiger partial charge in [-0.15, -0.1) is 0 Å². The summed E-state index contributed by atoms with van der Waals surface area (Å²) < 4.78 is 19.1. The predicted octanol–water partition coefficient (Wildman–Crippen LogP) is 4.71. The summed E-state index contributed by atoms with van der Waals surface area (Å²) in [6, 6.07) is 7.98. The number of hydrogen-bond acceptors (Lipinski definition) is 4. The molecule has 1 amide bonds. The van der Waals surface area contributed by atoms with Crippen molar-refractivity contribution in [2.75, 3.05) is 33.9 Å². The van der Waals surface area contributed by atoms with E-state index < -0.39 is 5.82 Å². The Balaban J connectivity index is 2.04. The van der Waals surface area contributed by atoms with Crippen LogP contribution < -0.4 is 15.8 Å². The number of Topliss-reactive ketones (excluding diaryl/α,β-unsaturated/α-hetero) is 1. The zero-order chi connectivity index (χ0) is 26.7. The molecule has 2 rings (SSSR count). The molecule has 0 radical (unpaired) electrons. The molecule has 0 fully saturated rings. The molecule has 0 spiro atoms. The first-order valence-electron chi connectivity index (χ1n) is 12.4. The van der Waals surface area contributed by atoms with E-state index in [-0.39, 0.29) is 22.3 Å². The molecule has 0 aromatic heterocycles. The molecule has 7 heteroatoms. The van der Waals surface area contributed by atoms with E-state index in [4.69, 9.17) is 16.3 Å². The van der Waals surface area contributed by atoms with Crippen molar-refractivity contribution in [2.24, 2.45) is 5.92 Å². The van der Waals surface area contributed by atoms with Gasteiger partial charge in [0.05, 0.1) is 12.2 Å². The monoisotopic (exact) mass is 516 g/mol. The van der Waals surface area contributed by atoms with E-state index in [1.165, 1.54) is 12.1 Å². The summed E-state index contributed by atoms with van der Waals surface area (Å²) in [5.41, 5.74) is 1.60. The molecule has 0 saturated heterocycles. The van der Waals surface area contributed by atoms with Crippen molar-refractivity contribution in [3.63, 3.8) is 0 Å². The number of ketones is 1. The number of amides is 1. The summed E-state index contributed by atoms with van der Waals surface area (Å²) in [6.45, 7) is 9.91. The van der Waals surface area contributed by atoms with Crippen LogP contribution in [0.1, 0.15) is 65.3 Å². The van der Waals surface area contributed by atoms with Gasteiger partial charge in [0.2, 0.25) is 0 Å². The minimum Gasteiger partial charge on any atom is -0.383 e. The lowest BCUT2D eigenvalue weighted by Crippen LogP contribution is -2.33. The summed E-state index contributed by atoms with van der Waals surface area (Å²) in [7, 11) is 3.61. The van der Waals surface area contributed by atoms with E-state index in [1.54, 1.807) is 13.2 Å². The highest BCUT2D eigenvalue weighted by molar-refractivity contribution is 6.30. The van der Waals surface area contributed by atoms with Crippen LogP contribution in [-0.2, 0) is 4.74 Å². The normalized spacial score (nSPS) is 12.4. The van der Waals surface area contributed by atoms with Crippen LogP contribution in [0.4, 0.5) is 4.39 Å². The molecule has 2 aromatic carbocycles. The van der Waals surface area contributed by atoms with Crippen LogP contribution in [0.15, 0.2) is 30.3 Å². The van der Waals surface area contributed by atoms with Crippen LogP contribution in [0, 0.1) is 18.7 Å². The van der Waals surface area contributed by atoms with Gasteiger partial charge >= 0.3 is 0 Å². The lowest BCUT2D eigenvalue weighted by molar-refractivity contribution is 0.0934. The number of methoxy groups -OCH3 is 1. The highest BCUT2D eigenvalue weighted by Gasteiger charge is 2.15. The lowest BCUT2D eigenvalue weighted by Gasteiger charge is -2.23. The molecule has 0 aliphatic rings.